The van der Waals surface area contributed by atoms with Crippen molar-refractivity contribution in [2.45, 2.75) is 47.5 Å². The first-order valence-corrected chi connectivity index (χ1v) is 14.3. The quantitative estimate of drug-likeness (QED) is 0.338. The number of sulfone groups is 1. The zero-order valence-electron chi connectivity index (χ0n) is 20.5. The van der Waals surface area contributed by atoms with Gasteiger partial charge in [0.25, 0.3) is 5.91 Å². The molecule has 3 aromatic carbocycles. The number of hydrogen-bond acceptors (Lipinski definition) is 5. The summed E-state index contributed by atoms with van der Waals surface area (Å²) < 4.78 is 68.1. The van der Waals surface area contributed by atoms with Gasteiger partial charge in [-0.1, -0.05) is 41.9 Å². The third-order valence-corrected chi connectivity index (χ3v) is 10.7. The van der Waals surface area contributed by atoms with Crippen molar-refractivity contribution in [3.8, 4) is 0 Å². The summed E-state index contributed by atoms with van der Waals surface area (Å²) in [6.07, 6.45) is 0.0453. The van der Waals surface area contributed by atoms with Gasteiger partial charge in [0.15, 0.2) is 27.3 Å². The third-order valence-electron chi connectivity index (χ3n) is 7.79. The Morgan fingerprint density at radius 1 is 0.974 bits per heavy atom. The number of benzene rings is 3. The summed E-state index contributed by atoms with van der Waals surface area (Å²) in [5, 5.41) is 23.6. The molecule has 2 fully saturated rings. The van der Waals surface area contributed by atoms with Crippen LogP contribution < -0.4 is 5.32 Å². The van der Waals surface area contributed by atoms with Crippen LogP contribution in [0.25, 0.3) is 0 Å². The molecule has 206 valence electrons. The molecule has 0 spiro atoms. The number of fused-ring (bicyclic) bond motifs is 2. The molecule has 2 saturated carbocycles. The average Bonchev–Trinajstić information content (AvgIpc) is 3.20. The SMILES string of the molecule is O=C(Nc1cc(F)c(F)c(F)c1)c1ccc(Cl)c(S(=O)(=O)[C@H]2C3CCC2C[C@](O)([C@@H](O)c2ccccc2)C3)c1. The highest BCUT2D eigenvalue weighted by Gasteiger charge is 2.56. The molecule has 0 radical (unpaired) electrons. The van der Waals surface area contributed by atoms with Crippen LogP contribution in [0.3, 0.4) is 0 Å². The van der Waals surface area contributed by atoms with Crippen molar-refractivity contribution in [3.05, 3.63) is 94.3 Å². The van der Waals surface area contributed by atoms with Crippen molar-refractivity contribution < 1.29 is 36.6 Å². The van der Waals surface area contributed by atoms with Crippen LogP contribution in [0, 0.1) is 29.3 Å². The molecule has 6 nitrogen and oxygen atoms in total. The number of halogens is 4. The van der Waals surface area contributed by atoms with Crippen LogP contribution in [0.2, 0.25) is 5.02 Å². The van der Waals surface area contributed by atoms with Crippen molar-refractivity contribution in [1.82, 2.24) is 0 Å². The molecule has 0 aromatic heterocycles. The van der Waals surface area contributed by atoms with E-state index in [1.807, 2.05) is 0 Å². The van der Waals surface area contributed by atoms with Crippen molar-refractivity contribution in [2.75, 3.05) is 5.32 Å². The second kappa shape index (κ2) is 10.2. The highest BCUT2D eigenvalue weighted by Crippen LogP contribution is 2.54. The van der Waals surface area contributed by atoms with Gasteiger partial charge in [-0.2, -0.15) is 0 Å². The smallest absolute Gasteiger partial charge is 0.255 e. The van der Waals surface area contributed by atoms with E-state index in [1.165, 1.54) is 12.1 Å². The van der Waals surface area contributed by atoms with E-state index in [-0.39, 0.29) is 34.0 Å². The Labute approximate surface area is 228 Å². The van der Waals surface area contributed by atoms with Crippen LogP contribution in [-0.2, 0) is 9.84 Å². The Bertz CT molecular complexity index is 1500. The van der Waals surface area contributed by atoms with E-state index in [1.54, 1.807) is 30.3 Å². The van der Waals surface area contributed by atoms with Crippen molar-refractivity contribution in [1.29, 1.82) is 0 Å². The first-order valence-electron chi connectivity index (χ1n) is 12.4. The van der Waals surface area contributed by atoms with E-state index >= 15 is 0 Å². The number of anilines is 1. The van der Waals surface area contributed by atoms with Gasteiger partial charge in [0.1, 0.15) is 6.10 Å². The number of rotatable bonds is 6. The molecule has 2 bridgehead atoms. The average molecular weight is 580 g/mol. The van der Waals surface area contributed by atoms with Crippen LogP contribution in [0.5, 0.6) is 0 Å². The lowest BCUT2D eigenvalue weighted by atomic mass is 9.73. The summed E-state index contributed by atoms with van der Waals surface area (Å²) in [7, 11) is -4.09. The Kier molecular flexibility index (Phi) is 7.26. The van der Waals surface area contributed by atoms with E-state index in [9.17, 15) is 36.6 Å². The molecule has 5 rings (SSSR count). The van der Waals surface area contributed by atoms with Gasteiger partial charge in [-0.05, 0) is 61.3 Å². The summed E-state index contributed by atoms with van der Waals surface area (Å²) in [6, 6.07) is 13.5. The summed E-state index contributed by atoms with van der Waals surface area (Å²) in [5.41, 5.74) is -1.44. The predicted octanol–water partition coefficient (Wildman–Crippen LogP) is 5.44. The van der Waals surface area contributed by atoms with Gasteiger partial charge in [-0.25, -0.2) is 21.6 Å². The number of carbonyl (C=O) groups excluding carboxylic acids is 1. The molecule has 0 saturated heterocycles. The second-order valence-electron chi connectivity index (χ2n) is 10.3. The van der Waals surface area contributed by atoms with Gasteiger partial charge in [-0.3, -0.25) is 4.79 Å². The first-order chi connectivity index (χ1) is 18.4. The largest absolute Gasteiger partial charge is 0.387 e. The van der Waals surface area contributed by atoms with Gasteiger partial charge in [0.05, 0.1) is 20.8 Å². The molecule has 0 heterocycles. The number of aliphatic hydroxyl groups excluding tert-OH is 1. The van der Waals surface area contributed by atoms with Crippen molar-refractivity contribution in [3.63, 3.8) is 0 Å². The summed E-state index contributed by atoms with van der Waals surface area (Å²) in [4.78, 5) is 12.5. The number of amides is 1. The third kappa shape index (κ3) is 5.06. The Morgan fingerprint density at radius 2 is 1.56 bits per heavy atom. The van der Waals surface area contributed by atoms with Gasteiger partial charge in [0, 0.05) is 23.4 Å². The fourth-order valence-corrected chi connectivity index (χ4v) is 8.93. The minimum atomic E-state index is -4.09. The van der Waals surface area contributed by atoms with Crippen LogP contribution in [0.15, 0.2) is 65.6 Å². The zero-order chi connectivity index (χ0) is 28.1. The predicted molar refractivity (Wildman–Crippen MR) is 138 cm³/mol. The number of aliphatic hydroxyl groups is 2. The second-order valence-corrected chi connectivity index (χ2v) is 12.8. The highest BCUT2D eigenvalue weighted by molar-refractivity contribution is 7.92. The normalized spacial score (nSPS) is 25.3. The molecule has 2 unspecified atom stereocenters. The van der Waals surface area contributed by atoms with Gasteiger partial charge in [0.2, 0.25) is 0 Å². The van der Waals surface area contributed by atoms with Crippen LogP contribution in [0.4, 0.5) is 18.9 Å². The molecule has 2 aliphatic carbocycles. The monoisotopic (exact) mass is 579 g/mol. The molecule has 1 amide bonds. The molecular weight excluding hydrogens is 555 g/mol. The maximum absolute atomic E-state index is 13.9. The lowest BCUT2D eigenvalue weighted by molar-refractivity contribution is -0.113. The zero-order valence-corrected chi connectivity index (χ0v) is 22.0. The van der Waals surface area contributed by atoms with E-state index in [0.717, 1.165) is 6.07 Å². The lowest BCUT2D eigenvalue weighted by Crippen LogP contribution is -2.49. The summed E-state index contributed by atoms with van der Waals surface area (Å²) >= 11 is 6.29. The van der Waals surface area contributed by atoms with E-state index in [4.69, 9.17) is 11.6 Å². The maximum Gasteiger partial charge on any atom is 0.255 e. The number of carbonyl (C=O) groups is 1. The Morgan fingerprint density at radius 3 is 2.15 bits per heavy atom. The minimum absolute atomic E-state index is 0.0724. The molecule has 3 aromatic rings. The maximum atomic E-state index is 13.9. The number of hydrogen-bond donors (Lipinski definition) is 3. The standard InChI is InChI=1S/C28H25ClF3NO5S/c29-20-9-8-16(27(35)33-19-11-21(30)24(32)22(31)12-19)10-23(20)39(37,38)25-17-6-7-18(25)14-28(36,13-17)26(34)15-4-2-1-3-5-15/h1-5,8-12,17-18,25-26,34,36H,6-7,13-14H2,(H,33,35)/t17?,18?,25-,26-,28-/m0/s1. The fourth-order valence-electron chi connectivity index (χ4n) is 6.09. The lowest BCUT2D eigenvalue weighted by Gasteiger charge is -2.43. The Hall–Kier alpha value is -2.92. The van der Waals surface area contributed by atoms with Gasteiger partial charge >= 0.3 is 0 Å². The highest BCUT2D eigenvalue weighted by atomic mass is 35.5. The van der Waals surface area contributed by atoms with Crippen molar-refractivity contribution in [2.24, 2.45) is 11.8 Å². The van der Waals surface area contributed by atoms with Gasteiger partial charge < -0.3 is 15.5 Å². The molecular formula is C28H25ClF3NO5S. The summed E-state index contributed by atoms with van der Waals surface area (Å²) in [6.45, 7) is 0. The van der Waals surface area contributed by atoms with Crippen molar-refractivity contribution >= 4 is 33.0 Å². The minimum Gasteiger partial charge on any atom is -0.387 e. The van der Waals surface area contributed by atoms with E-state index in [0.29, 0.717) is 30.5 Å². The molecule has 39 heavy (non-hydrogen) atoms. The molecule has 11 heteroatoms. The molecule has 3 N–H and O–H groups in total. The van der Waals surface area contributed by atoms with E-state index < -0.39 is 62.0 Å². The topological polar surface area (TPSA) is 104 Å². The van der Waals surface area contributed by atoms with Crippen LogP contribution >= 0.6 is 11.6 Å². The molecule has 0 aliphatic heterocycles. The summed E-state index contributed by atoms with van der Waals surface area (Å²) in [5.74, 6) is -6.44. The number of nitrogens with one attached hydrogen (secondary N) is 1. The van der Waals surface area contributed by atoms with Crippen LogP contribution in [-0.4, -0.2) is 35.4 Å². The fraction of sp³-hybridized carbons (Fsp3) is 0.321. The first kappa shape index (κ1) is 27.6. The molecule has 2 aliphatic rings. The Balaban J connectivity index is 1.40. The van der Waals surface area contributed by atoms with Gasteiger partial charge in [-0.15, -0.1) is 0 Å². The van der Waals surface area contributed by atoms with E-state index in [2.05, 4.69) is 5.32 Å². The van der Waals surface area contributed by atoms with Crippen LogP contribution in [0.1, 0.15) is 47.7 Å². The molecule has 3 atom stereocenters.